The molecule has 2 aromatic rings. The highest BCUT2D eigenvalue weighted by Crippen LogP contribution is 2.40. The summed E-state index contributed by atoms with van der Waals surface area (Å²) in [4.78, 5) is 20.6. The highest BCUT2D eigenvalue weighted by molar-refractivity contribution is 7.16. The zero-order valence-electron chi connectivity index (χ0n) is 12.3. The second-order valence-corrected chi connectivity index (χ2v) is 6.93. The van der Waals surface area contributed by atoms with E-state index in [-0.39, 0.29) is 11.1 Å². The Hall–Kier alpha value is -2.10. The lowest BCUT2D eigenvalue weighted by atomic mass is 10.1. The van der Waals surface area contributed by atoms with Gasteiger partial charge in [0.2, 0.25) is 5.91 Å². The van der Waals surface area contributed by atoms with Gasteiger partial charge in [-0.15, -0.1) is 0 Å². The standard InChI is InChI=1S/C16H13ClN4OS/c17-15-13(9-18)23-16(19-15)21-7-5-10-8-11(3-4-12(10)21)20-6-1-2-14(20)22/h3-4,8H,1-2,5-7H2. The number of carbonyl (C=O) groups is 1. The summed E-state index contributed by atoms with van der Waals surface area (Å²) in [6.07, 6.45) is 2.46. The summed E-state index contributed by atoms with van der Waals surface area (Å²) in [5, 5.41) is 10.0. The number of fused-ring (bicyclic) bond motifs is 1. The average molecular weight is 345 g/mol. The fourth-order valence-electron chi connectivity index (χ4n) is 3.15. The number of aromatic nitrogens is 1. The van der Waals surface area contributed by atoms with Gasteiger partial charge in [0.05, 0.1) is 0 Å². The van der Waals surface area contributed by atoms with Crippen molar-refractivity contribution in [2.75, 3.05) is 22.9 Å². The Morgan fingerprint density at radius 1 is 1.26 bits per heavy atom. The maximum atomic E-state index is 11.9. The molecule has 1 saturated heterocycles. The van der Waals surface area contributed by atoms with Crippen molar-refractivity contribution in [2.45, 2.75) is 19.3 Å². The summed E-state index contributed by atoms with van der Waals surface area (Å²) in [5.74, 6) is 0.199. The quantitative estimate of drug-likeness (QED) is 0.836. The fourth-order valence-corrected chi connectivity index (χ4v) is 4.23. The minimum atomic E-state index is 0.199. The zero-order valence-corrected chi connectivity index (χ0v) is 13.8. The van der Waals surface area contributed by atoms with Gasteiger partial charge in [0, 0.05) is 30.9 Å². The first kappa shape index (κ1) is 14.5. The van der Waals surface area contributed by atoms with Crippen molar-refractivity contribution in [2.24, 2.45) is 0 Å². The fraction of sp³-hybridized carbons (Fsp3) is 0.312. The van der Waals surface area contributed by atoms with Crippen LogP contribution < -0.4 is 9.80 Å². The van der Waals surface area contributed by atoms with Crippen LogP contribution in [0.25, 0.3) is 0 Å². The number of benzene rings is 1. The molecular weight excluding hydrogens is 332 g/mol. The topological polar surface area (TPSA) is 60.2 Å². The summed E-state index contributed by atoms with van der Waals surface area (Å²) >= 11 is 7.29. The van der Waals surface area contributed by atoms with E-state index in [0.717, 1.165) is 42.4 Å². The maximum Gasteiger partial charge on any atom is 0.227 e. The van der Waals surface area contributed by atoms with Crippen molar-refractivity contribution in [3.63, 3.8) is 0 Å². The molecule has 1 aromatic carbocycles. The van der Waals surface area contributed by atoms with Crippen LogP contribution in [0.2, 0.25) is 5.15 Å². The first-order valence-electron chi connectivity index (χ1n) is 7.44. The zero-order chi connectivity index (χ0) is 16.0. The van der Waals surface area contributed by atoms with E-state index in [4.69, 9.17) is 16.9 Å². The van der Waals surface area contributed by atoms with Crippen LogP contribution in [0.15, 0.2) is 18.2 Å². The molecule has 0 radical (unpaired) electrons. The molecule has 0 atom stereocenters. The predicted octanol–water partition coefficient (Wildman–Crippen LogP) is 3.49. The molecule has 1 aromatic heterocycles. The normalized spacial score (nSPS) is 16.8. The van der Waals surface area contributed by atoms with E-state index in [0.29, 0.717) is 11.3 Å². The third-order valence-electron chi connectivity index (χ3n) is 4.25. The molecule has 0 unspecified atom stereocenters. The van der Waals surface area contributed by atoms with Gasteiger partial charge in [0.25, 0.3) is 0 Å². The van der Waals surface area contributed by atoms with Crippen LogP contribution in [-0.2, 0) is 11.2 Å². The Morgan fingerprint density at radius 3 is 2.83 bits per heavy atom. The minimum Gasteiger partial charge on any atom is -0.317 e. The Labute approximate surface area is 142 Å². The van der Waals surface area contributed by atoms with E-state index in [9.17, 15) is 4.79 Å². The summed E-state index contributed by atoms with van der Waals surface area (Å²) < 4.78 is 0. The van der Waals surface area contributed by atoms with E-state index < -0.39 is 0 Å². The molecule has 4 rings (SSSR count). The molecule has 2 aliphatic heterocycles. The first-order valence-corrected chi connectivity index (χ1v) is 8.64. The van der Waals surface area contributed by atoms with Gasteiger partial charge in [0.1, 0.15) is 10.9 Å². The lowest BCUT2D eigenvalue weighted by molar-refractivity contribution is -0.117. The number of hydrogen-bond donors (Lipinski definition) is 0. The minimum absolute atomic E-state index is 0.199. The van der Waals surface area contributed by atoms with Gasteiger partial charge in [0.15, 0.2) is 10.3 Å². The molecule has 0 spiro atoms. The predicted molar refractivity (Wildman–Crippen MR) is 90.6 cm³/mol. The Kier molecular flexibility index (Phi) is 3.47. The molecule has 0 N–H and O–H groups in total. The summed E-state index contributed by atoms with van der Waals surface area (Å²) in [6.45, 7) is 1.61. The van der Waals surface area contributed by atoms with Crippen LogP contribution >= 0.6 is 22.9 Å². The number of rotatable bonds is 2. The van der Waals surface area contributed by atoms with Crippen molar-refractivity contribution in [1.29, 1.82) is 5.26 Å². The number of nitrogens with zero attached hydrogens (tertiary/aromatic N) is 4. The molecule has 7 heteroatoms. The van der Waals surface area contributed by atoms with E-state index in [2.05, 4.69) is 22.0 Å². The van der Waals surface area contributed by atoms with Gasteiger partial charge in [-0.3, -0.25) is 4.79 Å². The molecule has 2 aliphatic rings. The molecule has 0 aliphatic carbocycles. The second-order valence-electron chi connectivity index (χ2n) is 5.59. The number of carbonyl (C=O) groups excluding carboxylic acids is 1. The third kappa shape index (κ3) is 2.37. The smallest absolute Gasteiger partial charge is 0.227 e. The Balaban J connectivity index is 1.67. The molecule has 1 fully saturated rings. The van der Waals surface area contributed by atoms with E-state index in [1.165, 1.54) is 16.9 Å². The number of hydrogen-bond acceptors (Lipinski definition) is 5. The number of thiazole rings is 1. The van der Waals surface area contributed by atoms with Crippen LogP contribution in [0.1, 0.15) is 23.3 Å². The molecule has 23 heavy (non-hydrogen) atoms. The van der Waals surface area contributed by atoms with Gasteiger partial charge < -0.3 is 9.80 Å². The van der Waals surface area contributed by atoms with Crippen molar-refractivity contribution in [3.05, 3.63) is 33.8 Å². The second kappa shape index (κ2) is 5.52. The van der Waals surface area contributed by atoms with Crippen molar-refractivity contribution >= 4 is 45.4 Å². The van der Waals surface area contributed by atoms with Gasteiger partial charge in [-0.2, -0.15) is 5.26 Å². The third-order valence-corrected chi connectivity index (χ3v) is 5.62. The lowest BCUT2D eigenvalue weighted by Gasteiger charge is -2.19. The summed E-state index contributed by atoms with van der Waals surface area (Å²) in [6, 6.07) is 8.18. The summed E-state index contributed by atoms with van der Waals surface area (Å²) in [7, 11) is 0. The molecule has 5 nitrogen and oxygen atoms in total. The highest BCUT2D eigenvalue weighted by atomic mass is 35.5. The van der Waals surface area contributed by atoms with Crippen LogP contribution in [0, 0.1) is 11.3 Å². The molecule has 1 amide bonds. The van der Waals surface area contributed by atoms with Crippen molar-refractivity contribution in [1.82, 2.24) is 4.98 Å². The van der Waals surface area contributed by atoms with Crippen molar-refractivity contribution in [3.8, 4) is 6.07 Å². The van der Waals surface area contributed by atoms with E-state index >= 15 is 0 Å². The van der Waals surface area contributed by atoms with Crippen LogP contribution in [0.3, 0.4) is 0 Å². The number of amides is 1. The highest BCUT2D eigenvalue weighted by Gasteiger charge is 2.27. The molecule has 116 valence electrons. The van der Waals surface area contributed by atoms with Crippen molar-refractivity contribution < 1.29 is 4.79 Å². The van der Waals surface area contributed by atoms with Crippen LogP contribution in [0.4, 0.5) is 16.5 Å². The summed E-state index contributed by atoms with van der Waals surface area (Å²) in [5.41, 5.74) is 3.25. The molecular formula is C16H13ClN4OS. The van der Waals surface area contributed by atoms with Gasteiger partial charge in [-0.1, -0.05) is 22.9 Å². The van der Waals surface area contributed by atoms with E-state index in [1.807, 2.05) is 17.0 Å². The Morgan fingerprint density at radius 2 is 2.13 bits per heavy atom. The number of halogens is 1. The molecule has 0 saturated carbocycles. The maximum absolute atomic E-state index is 11.9. The van der Waals surface area contributed by atoms with Crippen LogP contribution in [0.5, 0.6) is 0 Å². The number of nitriles is 1. The SMILES string of the molecule is N#Cc1sc(N2CCc3cc(N4CCCC4=O)ccc32)nc1Cl. The number of anilines is 3. The lowest BCUT2D eigenvalue weighted by Crippen LogP contribution is -2.23. The first-order chi connectivity index (χ1) is 11.2. The average Bonchev–Trinajstić information content (AvgIpc) is 3.24. The largest absolute Gasteiger partial charge is 0.317 e. The van der Waals surface area contributed by atoms with Gasteiger partial charge in [-0.05, 0) is 36.6 Å². The molecule has 0 bridgehead atoms. The van der Waals surface area contributed by atoms with Gasteiger partial charge >= 0.3 is 0 Å². The van der Waals surface area contributed by atoms with E-state index in [1.54, 1.807) is 0 Å². The van der Waals surface area contributed by atoms with Gasteiger partial charge in [-0.25, -0.2) is 4.98 Å². The monoisotopic (exact) mass is 344 g/mol. The van der Waals surface area contributed by atoms with Crippen LogP contribution in [-0.4, -0.2) is 24.0 Å². The molecule has 3 heterocycles. The Bertz CT molecular complexity index is 841.